The minimum Gasteiger partial charge on any atom is -0.318 e. The third-order valence-corrected chi connectivity index (χ3v) is 3.84. The zero-order valence-electron chi connectivity index (χ0n) is 12.4. The van der Waals surface area contributed by atoms with Crippen LogP contribution in [0.25, 0.3) is 11.3 Å². The van der Waals surface area contributed by atoms with Crippen LogP contribution in [-0.2, 0) is 7.05 Å². The van der Waals surface area contributed by atoms with Crippen LogP contribution in [0.5, 0.6) is 0 Å². The number of H-pyrrole nitrogens is 1. The molecule has 23 heavy (non-hydrogen) atoms. The van der Waals surface area contributed by atoms with Crippen LogP contribution in [-0.4, -0.2) is 25.9 Å². The molecule has 0 aliphatic rings. The van der Waals surface area contributed by atoms with Gasteiger partial charge in [0.25, 0.3) is 5.91 Å². The molecule has 3 aromatic rings. The van der Waals surface area contributed by atoms with E-state index in [2.05, 4.69) is 20.6 Å². The first-order chi connectivity index (χ1) is 10.9. The van der Waals surface area contributed by atoms with E-state index < -0.39 is 0 Å². The zero-order valence-corrected chi connectivity index (χ0v) is 13.9. The van der Waals surface area contributed by atoms with Crippen molar-refractivity contribution in [3.05, 3.63) is 51.9 Å². The predicted molar refractivity (Wildman–Crippen MR) is 89.9 cm³/mol. The molecule has 0 unspecified atom stereocenters. The van der Waals surface area contributed by atoms with E-state index in [1.165, 1.54) is 0 Å². The molecule has 118 valence electrons. The van der Waals surface area contributed by atoms with E-state index in [1.807, 2.05) is 6.92 Å². The van der Waals surface area contributed by atoms with Crippen molar-refractivity contribution in [1.82, 2.24) is 20.0 Å². The SMILES string of the molecule is Cc1nn(C)cc1NC(=O)c1cc(-c2ccc(Cl)cc2Cl)n[nH]1. The molecule has 2 heterocycles. The summed E-state index contributed by atoms with van der Waals surface area (Å²) in [6.07, 6.45) is 1.74. The van der Waals surface area contributed by atoms with E-state index in [9.17, 15) is 4.79 Å². The number of nitrogens with one attached hydrogen (secondary N) is 2. The number of rotatable bonds is 3. The van der Waals surface area contributed by atoms with Crippen molar-refractivity contribution in [1.29, 1.82) is 0 Å². The maximum absolute atomic E-state index is 12.3. The third kappa shape index (κ3) is 3.23. The molecule has 0 bridgehead atoms. The number of halogens is 2. The first-order valence-electron chi connectivity index (χ1n) is 6.76. The van der Waals surface area contributed by atoms with Crippen molar-refractivity contribution >= 4 is 34.8 Å². The van der Waals surface area contributed by atoms with Crippen molar-refractivity contribution in [2.45, 2.75) is 6.92 Å². The Balaban J connectivity index is 1.84. The highest BCUT2D eigenvalue weighted by atomic mass is 35.5. The van der Waals surface area contributed by atoms with Gasteiger partial charge in [-0.2, -0.15) is 10.2 Å². The number of hydrogen-bond acceptors (Lipinski definition) is 3. The van der Waals surface area contributed by atoms with Crippen molar-refractivity contribution in [2.24, 2.45) is 7.05 Å². The van der Waals surface area contributed by atoms with Crippen molar-refractivity contribution in [3.8, 4) is 11.3 Å². The van der Waals surface area contributed by atoms with Gasteiger partial charge in [-0.25, -0.2) is 0 Å². The summed E-state index contributed by atoms with van der Waals surface area (Å²) in [5, 5.41) is 14.8. The fourth-order valence-electron chi connectivity index (χ4n) is 2.19. The van der Waals surface area contributed by atoms with Gasteiger partial charge in [0.1, 0.15) is 5.69 Å². The number of benzene rings is 1. The maximum atomic E-state index is 12.3. The van der Waals surface area contributed by atoms with E-state index in [-0.39, 0.29) is 5.91 Å². The van der Waals surface area contributed by atoms with Gasteiger partial charge in [-0.1, -0.05) is 23.2 Å². The minimum atomic E-state index is -0.301. The molecule has 8 heteroatoms. The zero-order chi connectivity index (χ0) is 16.6. The largest absolute Gasteiger partial charge is 0.318 e. The Morgan fingerprint density at radius 1 is 1.30 bits per heavy atom. The van der Waals surface area contributed by atoms with E-state index in [0.29, 0.717) is 32.7 Å². The summed E-state index contributed by atoms with van der Waals surface area (Å²) < 4.78 is 1.64. The second-order valence-corrected chi connectivity index (χ2v) is 5.89. The number of aromatic nitrogens is 4. The van der Waals surface area contributed by atoms with Gasteiger partial charge in [-0.3, -0.25) is 14.6 Å². The number of amides is 1. The Morgan fingerprint density at radius 2 is 2.09 bits per heavy atom. The van der Waals surface area contributed by atoms with E-state index in [4.69, 9.17) is 23.2 Å². The Labute approximate surface area is 142 Å². The number of hydrogen-bond donors (Lipinski definition) is 2. The fourth-order valence-corrected chi connectivity index (χ4v) is 2.69. The molecule has 6 nitrogen and oxygen atoms in total. The second-order valence-electron chi connectivity index (χ2n) is 5.05. The van der Waals surface area contributed by atoms with Gasteiger partial charge >= 0.3 is 0 Å². The normalized spacial score (nSPS) is 10.8. The van der Waals surface area contributed by atoms with Gasteiger partial charge in [0.05, 0.1) is 22.1 Å². The quantitative estimate of drug-likeness (QED) is 0.757. The van der Waals surface area contributed by atoms with Crippen molar-refractivity contribution in [2.75, 3.05) is 5.32 Å². The van der Waals surface area contributed by atoms with Crippen LogP contribution < -0.4 is 5.32 Å². The van der Waals surface area contributed by atoms with Crippen LogP contribution in [0.2, 0.25) is 10.0 Å². The van der Waals surface area contributed by atoms with E-state index in [0.717, 1.165) is 5.69 Å². The molecule has 0 fully saturated rings. The van der Waals surface area contributed by atoms with Gasteiger partial charge in [0.2, 0.25) is 0 Å². The molecule has 0 aliphatic heterocycles. The minimum absolute atomic E-state index is 0.301. The summed E-state index contributed by atoms with van der Waals surface area (Å²) in [5.41, 5.74) is 2.98. The molecule has 1 amide bonds. The van der Waals surface area contributed by atoms with Crippen LogP contribution in [0, 0.1) is 6.92 Å². The topological polar surface area (TPSA) is 75.6 Å². The van der Waals surface area contributed by atoms with Gasteiger partial charge < -0.3 is 5.32 Å². The molecule has 0 radical (unpaired) electrons. The van der Waals surface area contributed by atoms with Gasteiger partial charge in [0.15, 0.2) is 0 Å². The van der Waals surface area contributed by atoms with Crippen LogP contribution in [0.15, 0.2) is 30.5 Å². The highest BCUT2D eigenvalue weighted by molar-refractivity contribution is 6.36. The monoisotopic (exact) mass is 349 g/mol. The second kappa shape index (κ2) is 6.06. The molecule has 2 N–H and O–H groups in total. The molecule has 3 rings (SSSR count). The lowest BCUT2D eigenvalue weighted by Gasteiger charge is -2.01. The highest BCUT2D eigenvalue weighted by Crippen LogP contribution is 2.29. The molecule has 0 spiro atoms. The first-order valence-corrected chi connectivity index (χ1v) is 7.52. The Bertz CT molecular complexity index is 884. The Morgan fingerprint density at radius 3 is 2.74 bits per heavy atom. The number of carbonyl (C=O) groups is 1. The third-order valence-electron chi connectivity index (χ3n) is 3.29. The Hall–Kier alpha value is -2.31. The smallest absolute Gasteiger partial charge is 0.273 e. The number of aromatic amines is 1. The van der Waals surface area contributed by atoms with E-state index >= 15 is 0 Å². The molecular formula is C15H13Cl2N5O. The van der Waals surface area contributed by atoms with Crippen molar-refractivity contribution < 1.29 is 4.79 Å². The summed E-state index contributed by atoms with van der Waals surface area (Å²) >= 11 is 12.0. The molecule has 1 aromatic carbocycles. The lowest BCUT2D eigenvalue weighted by molar-refractivity contribution is 0.102. The van der Waals surface area contributed by atoms with Crippen molar-refractivity contribution in [3.63, 3.8) is 0 Å². The summed E-state index contributed by atoms with van der Waals surface area (Å²) in [6.45, 7) is 1.82. The maximum Gasteiger partial charge on any atom is 0.273 e. The number of aryl methyl sites for hydroxylation is 2. The number of anilines is 1. The molecule has 2 aromatic heterocycles. The summed E-state index contributed by atoms with van der Waals surface area (Å²) in [7, 11) is 1.79. The lowest BCUT2D eigenvalue weighted by atomic mass is 10.1. The Kier molecular flexibility index (Phi) is 4.11. The summed E-state index contributed by atoms with van der Waals surface area (Å²) in [5.74, 6) is -0.301. The molecule has 0 atom stereocenters. The average Bonchev–Trinajstić information content (AvgIpc) is 3.06. The summed E-state index contributed by atoms with van der Waals surface area (Å²) in [4.78, 5) is 12.3. The molecule has 0 saturated heterocycles. The molecule has 0 saturated carbocycles. The fraction of sp³-hybridized carbons (Fsp3) is 0.133. The van der Waals surface area contributed by atoms with Crippen LogP contribution >= 0.6 is 23.2 Å². The predicted octanol–water partition coefficient (Wildman–Crippen LogP) is 3.68. The first kappa shape index (κ1) is 15.6. The van der Waals surface area contributed by atoms with Crippen LogP contribution in [0.3, 0.4) is 0 Å². The van der Waals surface area contributed by atoms with Gasteiger partial charge in [0, 0.05) is 23.8 Å². The van der Waals surface area contributed by atoms with Gasteiger partial charge in [-0.05, 0) is 31.2 Å². The lowest BCUT2D eigenvalue weighted by Crippen LogP contribution is -2.12. The van der Waals surface area contributed by atoms with Crippen LogP contribution in [0.1, 0.15) is 16.2 Å². The molecule has 0 aliphatic carbocycles. The van der Waals surface area contributed by atoms with E-state index in [1.54, 1.807) is 42.2 Å². The number of carbonyl (C=O) groups excluding carboxylic acids is 1. The summed E-state index contributed by atoms with van der Waals surface area (Å²) in [6, 6.07) is 6.74. The van der Waals surface area contributed by atoms with Crippen LogP contribution in [0.4, 0.5) is 5.69 Å². The standard InChI is InChI=1S/C15H13Cl2N5O/c1-8-14(7-22(2)21-8)18-15(23)13-6-12(19-20-13)10-4-3-9(16)5-11(10)17/h3-7H,1-2H3,(H,18,23)(H,19,20). The average molecular weight is 350 g/mol. The molecular weight excluding hydrogens is 337 g/mol. The number of nitrogens with zero attached hydrogens (tertiary/aromatic N) is 3. The van der Waals surface area contributed by atoms with Gasteiger partial charge in [-0.15, -0.1) is 0 Å². The highest BCUT2D eigenvalue weighted by Gasteiger charge is 2.15.